The van der Waals surface area contributed by atoms with E-state index in [0.717, 1.165) is 0 Å². The molecule has 2 rings (SSSR count). The summed E-state index contributed by atoms with van der Waals surface area (Å²) < 4.78 is 47.9. The minimum absolute atomic E-state index is 0.171. The summed E-state index contributed by atoms with van der Waals surface area (Å²) in [5, 5.41) is 0. The molecule has 3 nitrogen and oxygen atoms in total. The summed E-state index contributed by atoms with van der Waals surface area (Å²) in [7, 11) is 2.92. The van der Waals surface area contributed by atoms with Crippen molar-refractivity contribution in [1.29, 1.82) is 0 Å². The van der Waals surface area contributed by atoms with Gasteiger partial charge in [-0.1, -0.05) is 0 Å². The van der Waals surface area contributed by atoms with Crippen LogP contribution < -0.4 is 9.47 Å². The van der Waals surface area contributed by atoms with Gasteiger partial charge in [-0.2, -0.15) is 13.2 Å². The Morgan fingerprint density at radius 1 is 1.17 bits per heavy atom. The molecule has 0 saturated carbocycles. The Morgan fingerprint density at radius 2 is 1.78 bits per heavy atom. The molecule has 1 aliphatic heterocycles. The van der Waals surface area contributed by atoms with Gasteiger partial charge in [-0.05, 0) is 23.3 Å². The van der Waals surface area contributed by atoms with Crippen LogP contribution in [0.2, 0.25) is 0 Å². The van der Waals surface area contributed by atoms with Crippen LogP contribution in [0.5, 0.6) is 11.5 Å². The Bertz CT molecular complexity index is 483. The first kappa shape index (κ1) is 12.7. The Kier molecular flexibility index (Phi) is 3.19. The van der Waals surface area contributed by atoms with Gasteiger partial charge in [-0.25, -0.2) is 0 Å². The summed E-state index contributed by atoms with van der Waals surface area (Å²) in [6, 6.07) is 1.52. The smallest absolute Gasteiger partial charge is 0.411 e. The zero-order valence-corrected chi connectivity index (χ0v) is 9.91. The number of halogens is 3. The number of benzene rings is 1. The van der Waals surface area contributed by atoms with Crippen molar-refractivity contribution in [1.82, 2.24) is 0 Å². The lowest BCUT2D eigenvalue weighted by molar-refractivity contribution is -0.146. The number of aliphatic imine (C=N–C) groups is 1. The summed E-state index contributed by atoms with van der Waals surface area (Å²) in [5.41, 5.74) is 1.19. The van der Waals surface area contributed by atoms with Crippen LogP contribution in [0.25, 0.3) is 0 Å². The van der Waals surface area contributed by atoms with E-state index in [1.54, 1.807) is 12.1 Å². The molecule has 1 unspecified atom stereocenters. The van der Waals surface area contributed by atoms with Crippen molar-refractivity contribution in [3.05, 3.63) is 23.3 Å². The highest BCUT2D eigenvalue weighted by molar-refractivity contribution is 5.84. The normalized spacial score (nSPS) is 18.4. The summed E-state index contributed by atoms with van der Waals surface area (Å²) in [4.78, 5) is 3.53. The van der Waals surface area contributed by atoms with Crippen LogP contribution in [-0.2, 0) is 6.42 Å². The van der Waals surface area contributed by atoms with Crippen LogP contribution in [0, 0.1) is 0 Å². The molecular weight excluding hydrogens is 247 g/mol. The van der Waals surface area contributed by atoms with Gasteiger partial charge in [-0.15, -0.1) is 0 Å². The number of alkyl halides is 3. The van der Waals surface area contributed by atoms with Crippen molar-refractivity contribution in [3.63, 3.8) is 0 Å². The fourth-order valence-corrected chi connectivity index (χ4v) is 1.87. The van der Waals surface area contributed by atoms with E-state index in [-0.39, 0.29) is 6.42 Å². The number of methoxy groups -OCH3 is 2. The van der Waals surface area contributed by atoms with Crippen molar-refractivity contribution in [2.45, 2.75) is 18.6 Å². The van der Waals surface area contributed by atoms with Crippen LogP contribution in [0.1, 0.15) is 11.1 Å². The van der Waals surface area contributed by atoms with Crippen LogP contribution in [0.3, 0.4) is 0 Å². The lowest BCUT2D eigenvalue weighted by Gasteiger charge is -2.22. The maximum atomic E-state index is 12.6. The second kappa shape index (κ2) is 4.51. The second-order valence-electron chi connectivity index (χ2n) is 3.95. The van der Waals surface area contributed by atoms with E-state index in [2.05, 4.69) is 4.99 Å². The molecule has 1 aromatic carbocycles. The molecule has 6 heteroatoms. The Balaban J connectivity index is 2.39. The van der Waals surface area contributed by atoms with E-state index in [1.165, 1.54) is 20.4 Å². The van der Waals surface area contributed by atoms with Crippen LogP contribution in [0.4, 0.5) is 13.2 Å². The van der Waals surface area contributed by atoms with Crippen molar-refractivity contribution < 1.29 is 22.6 Å². The van der Waals surface area contributed by atoms with E-state index in [1.807, 2.05) is 0 Å². The maximum Gasteiger partial charge on any atom is 0.411 e. The zero-order valence-electron chi connectivity index (χ0n) is 9.91. The molecule has 0 radical (unpaired) electrons. The minimum atomic E-state index is -4.32. The molecule has 18 heavy (non-hydrogen) atoms. The zero-order chi connectivity index (χ0) is 13.3. The quantitative estimate of drug-likeness (QED) is 0.817. The summed E-state index contributed by atoms with van der Waals surface area (Å²) in [6.07, 6.45) is -3.25. The first-order chi connectivity index (χ1) is 8.45. The van der Waals surface area contributed by atoms with Gasteiger partial charge in [0.05, 0.1) is 14.2 Å². The van der Waals surface area contributed by atoms with Gasteiger partial charge < -0.3 is 9.47 Å². The molecule has 0 bridgehead atoms. The summed E-state index contributed by atoms with van der Waals surface area (Å²) in [6.45, 7) is 0. The van der Waals surface area contributed by atoms with E-state index >= 15 is 0 Å². The van der Waals surface area contributed by atoms with Crippen LogP contribution in [-0.4, -0.2) is 32.7 Å². The molecule has 0 aromatic heterocycles. The SMILES string of the molecule is COc1cc2c(cc1OC)CC(C(F)(F)F)N=C2. The topological polar surface area (TPSA) is 30.8 Å². The first-order valence-corrected chi connectivity index (χ1v) is 5.30. The summed E-state index contributed by atoms with van der Waals surface area (Å²) >= 11 is 0. The number of hydrogen-bond acceptors (Lipinski definition) is 3. The van der Waals surface area contributed by atoms with E-state index in [4.69, 9.17) is 9.47 Å². The van der Waals surface area contributed by atoms with Gasteiger partial charge >= 0.3 is 6.18 Å². The molecule has 0 N–H and O–H groups in total. The molecule has 1 aliphatic rings. The maximum absolute atomic E-state index is 12.6. The molecule has 0 fully saturated rings. The lowest BCUT2D eigenvalue weighted by atomic mass is 9.97. The van der Waals surface area contributed by atoms with Crippen molar-refractivity contribution in [3.8, 4) is 11.5 Å². The van der Waals surface area contributed by atoms with E-state index in [9.17, 15) is 13.2 Å². The highest BCUT2D eigenvalue weighted by Crippen LogP contribution is 2.35. The summed E-state index contributed by atoms with van der Waals surface area (Å²) in [5.74, 6) is 0.903. The number of rotatable bonds is 2. The first-order valence-electron chi connectivity index (χ1n) is 5.30. The van der Waals surface area contributed by atoms with Crippen LogP contribution >= 0.6 is 0 Å². The molecule has 0 spiro atoms. The third-order valence-electron chi connectivity index (χ3n) is 2.83. The van der Waals surface area contributed by atoms with Gasteiger partial charge in [0, 0.05) is 12.6 Å². The molecule has 0 amide bonds. The average molecular weight is 259 g/mol. The lowest BCUT2D eigenvalue weighted by Crippen LogP contribution is -2.31. The van der Waals surface area contributed by atoms with Crippen LogP contribution in [0.15, 0.2) is 17.1 Å². The fraction of sp³-hybridized carbons (Fsp3) is 0.417. The number of hydrogen-bond donors (Lipinski definition) is 0. The predicted molar refractivity (Wildman–Crippen MR) is 60.7 cm³/mol. The standard InChI is InChI=1S/C12H12F3NO2/c1-17-9-3-7-5-11(12(13,14)15)16-6-8(7)4-10(9)18-2/h3-4,6,11H,5H2,1-2H3. The number of fused-ring (bicyclic) bond motifs is 1. The largest absolute Gasteiger partial charge is 0.493 e. The molecular formula is C12H12F3NO2. The van der Waals surface area contributed by atoms with Gasteiger partial charge in [0.2, 0.25) is 0 Å². The van der Waals surface area contributed by atoms with Gasteiger partial charge in [-0.3, -0.25) is 4.99 Å². The van der Waals surface area contributed by atoms with Gasteiger partial charge in [0.25, 0.3) is 0 Å². The minimum Gasteiger partial charge on any atom is -0.493 e. The Hall–Kier alpha value is -1.72. The third-order valence-corrected chi connectivity index (χ3v) is 2.83. The fourth-order valence-electron chi connectivity index (χ4n) is 1.87. The number of ether oxygens (including phenoxy) is 2. The third kappa shape index (κ3) is 2.27. The van der Waals surface area contributed by atoms with E-state index < -0.39 is 12.2 Å². The van der Waals surface area contributed by atoms with Crippen molar-refractivity contribution in [2.24, 2.45) is 4.99 Å². The van der Waals surface area contributed by atoms with E-state index in [0.29, 0.717) is 22.6 Å². The molecule has 1 atom stereocenters. The monoisotopic (exact) mass is 259 g/mol. The molecule has 1 heterocycles. The predicted octanol–water partition coefficient (Wildman–Crippen LogP) is 2.61. The Labute approximate surface area is 102 Å². The molecule has 0 saturated heterocycles. The van der Waals surface area contributed by atoms with Gasteiger partial charge in [0.15, 0.2) is 11.5 Å². The molecule has 1 aromatic rings. The highest BCUT2D eigenvalue weighted by Gasteiger charge is 2.40. The van der Waals surface area contributed by atoms with Gasteiger partial charge in [0.1, 0.15) is 6.04 Å². The molecule has 98 valence electrons. The average Bonchev–Trinajstić information content (AvgIpc) is 2.35. The highest BCUT2D eigenvalue weighted by atomic mass is 19.4. The van der Waals surface area contributed by atoms with Crippen molar-refractivity contribution >= 4 is 6.21 Å². The molecule has 0 aliphatic carbocycles. The Morgan fingerprint density at radius 3 is 2.33 bits per heavy atom. The second-order valence-corrected chi connectivity index (χ2v) is 3.95. The number of nitrogens with zero attached hydrogens (tertiary/aromatic N) is 1. The van der Waals surface area contributed by atoms with Crippen molar-refractivity contribution in [2.75, 3.05) is 14.2 Å².